The molecule has 108 valence electrons. The normalized spacial score (nSPS) is 17.1. The van der Waals surface area contributed by atoms with Gasteiger partial charge in [0.05, 0.1) is 18.8 Å². The lowest BCUT2D eigenvalue weighted by Crippen LogP contribution is -2.05. The number of hydrogen-bond donors (Lipinski definition) is 1. The van der Waals surface area contributed by atoms with Gasteiger partial charge in [0.15, 0.2) is 0 Å². The Labute approximate surface area is 124 Å². The van der Waals surface area contributed by atoms with Gasteiger partial charge in [-0.1, -0.05) is 6.07 Å². The van der Waals surface area contributed by atoms with Crippen molar-refractivity contribution in [2.24, 2.45) is 0 Å². The van der Waals surface area contributed by atoms with E-state index in [1.807, 2.05) is 18.3 Å². The van der Waals surface area contributed by atoms with Crippen molar-refractivity contribution < 1.29 is 9.84 Å². The Morgan fingerprint density at radius 3 is 3.00 bits per heavy atom. The lowest BCUT2D eigenvalue weighted by molar-refractivity contribution is 0.157. The zero-order valence-corrected chi connectivity index (χ0v) is 12.0. The molecule has 1 aliphatic carbocycles. The number of rotatable bonds is 3. The summed E-state index contributed by atoms with van der Waals surface area (Å²) >= 11 is 0. The SMILES string of the molecule is COc1cc(Cn2cc3c(c2)C(O)CCC3)ccc1C#N. The third kappa shape index (κ3) is 2.65. The van der Waals surface area contributed by atoms with Crippen molar-refractivity contribution >= 4 is 0 Å². The van der Waals surface area contributed by atoms with Crippen molar-refractivity contribution in [2.45, 2.75) is 31.9 Å². The molecule has 21 heavy (non-hydrogen) atoms. The predicted molar refractivity (Wildman–Crippen MR) is 79.1 cm³/mol. The second-order valence-corrected chi connectivity index (χ2v) is 5.47. The van der Waals surface area contributed by atoms with E-state index in [1.165, 1.54) is 5.56 Å². The number of aromatic nitrogens is 1. The minimum absolute atomic E-state index is 0.328. The van der Waals surface area contributed by atoms with Crippen molar-refractivity contribution in [3.8, 4) is 11.8 Å². The smallest absolute Gasteiger partial charge is 0.136 e. The Hall–Kier alpha value is -2.25. The molecule has 2 aromatic rings. The van der Waals surface area contributed by atoms with E-state index in [2.05, 4.69) is 16.8 Å². The minimum Gasteiger partial charge on any atom is -0.495 e. The van der Waals surface area contributed by atoms with Crippen LogP contribution in [-0.2, 0) is 13.0 Å². The fraction of sp³-hybridized carbons (Fsp3) is 0.353. The molecule has 0 saturated heterocycles. The predicted octanol–water partition coefficient (Wildman–Crippen LogP) is 2.79. The fourth-order valence-electron chi connectivity index (χ4n) is 2.95. The molecule has 0 radical (unpaired) electrons. The summed E-state index contributed by atoms with van der Waals surface area (Å²) in [6.45, 7) is 0.710. The molecule has 3 rings (SSSR count). The van der Waals surface area contributed by atoms with Crippen molar-refractivity contribution in [3.05, 3.63) is 52.8 Å². The van der Waals surface area contributed by atoms with E-state index in [0.717, 1.165) is 30.4 Å². The molecule has 0 spiro atoms. The van der Waals surface area contributed by atoms with Crippen LogP contribution in [0.15, 0.2) is 30.6 Å². The van der Waals surface area contributed by atoms with Crippen LogP contribution in [0.2, 0.25) is 0 Å². The first-order valence-electron chi connectivity index (χ1n) is 7.15. The highest BCUT2D eigenvalue weighted by atomic mass is 16.5. The summed E-state index contributed by atoms with van der Waals surface area (Å²) in [6, 6.07) is 7.74. The van der Waals surface area contributed by atoms with E-state index < -0.39 is 0 Å². The number of aliphatic hydroxyl groups is 1. The second-order valence-electron chi connectivity index (χ2n) is 5.47. The Morgan fingerprint density at radius 2 is 2.29 bits per heavy atom. The Kier molecular flexibility index (Phi) is 3.68. The van der Waals surface area contributed by atoms with E-state index in [-0.39, 0.29) is 6.10 Å². The quantitative estimate of drug-likeness (QED) is 0.941. The summed E-state index contributed by atoms with van der Waals surface area (Å²) < 4.78 is 7.34. The van der Waals surface area contributed by atoms with Gasteiger partial charge < -0.3 is 14.4 Å². The molecule has 0 saturated carbocycles. The lowest BCUT2D eigenvalue weighted by atomic mass is 9.93. The molecule has 1 N–H and O–H groups in total. The summed E-state index contributed by atoms with van der Waals surface area (Å²) in [5.74, 6) is 0.604. The Balaban J connectivity index is 1.86. The highest BCUT2D eigenvalue weighted by Crippen LogP contribution is 2.30. The minimum atomic E-state index is -0.328. The van der Waals surface area contributed by atoms with Crippen molar-refractivity contribution in [3.63, 3.8) is 0 Å². The average molecular weight is 282 g/mol. The Bertz CT molecular complexity index is 697. The summed E-state index contributed by atoms with van der Waals surface area (Å²) in [7, 11) is 1.57. The van der Waals surface area contributed by atoms with E-state index >= 15 is 0 Å². The highest BCUT2D eigenvalue weighted by molar-refractivity contribution is 5.45. The number of fused-ring (bicyclic) bond motifs is 1. The summed E-state index contributed by atoms with van der Waals surface area (Å²) in [4.78, 5) is 0. The molecular weight excluding hydrogens is 264 g/mol. The number of nitrogens with zero attached hydrogens (tertiary/aromatic N) is 2. The molecule has 1 atom stereocenters. The number of ether oxygens (including phenoxy) is 1. The molecular formula is C17H18N2O2. The van der Waals surface area contributed by atoms with Crippen LogP contribution in [-0.4, -0.2) is 16.8 Å². The first-order valence-corrected chi connectivity index (χ1v) is 7.15. The van der Waals surface area contributed by atoms with Gasteiger partial charge in [0.25, 0.3) is 0 Å². The number of aliphatic hydroxyl groups excluding tert-OH is 1. The third-order valence-corrected chi connectivity index (χ3v) is 4.03. The first-order chi connectivity index (χ1) is 10.2. The molecule has 0 aliphatic heterocycles. The maximum atomic E-state index is 10.0. The number of methoxy groups -OCH3 is 1. The average Bonchev–Trinajstić information content (AvgIpc) is 2.91. The standard InChI is InChI=1S/C17H18N2O2/c1-21-17-7-12(5-6-13(17)8-18)9-19-10-14-3-2-4-16(20)15(14)11-19/h5-7,10-11,16,20H,2-4,9H2,1H3. The van der Waals surface area contributed by atoms with E-state index in [1.54, 1.807) is 13.2 Å². The van der Waals surface area contributed by atoms with Crippen molar-refractivity contribution in [1.82, 2.24) is 4.57 Å². The summed E-state index contributed by atoms with van der Waals surface area (Å²) in [5, 5.41) is 19.0. The van der Waals surface area contributed by atoms with E-state index in [0.29, 0.717) is 17.9 Å². The molecule has 1 aromatic carbocycles. The van der Waals surface area contributed by atoms with Gasteiger partial charge in [-0.3, -0.25) is 0 Å². The molecule has 0 bridgehead atoms. The number of hydrogen-bond acceptors (Lipinski definition) is 3. The van der Waals surface area contributed by atoms with Crippen LogP contribution in [0.25, 0.3) is 0 Å². The summed E-state index contributed by atoms with van der Waals surface area (Å²) in [5.41, 5.74) is 3.92. The maximum absolute atomic E-state index is 10.0. The van der Waals surface area contributed by atoms with E-state index in [4.69, 9.17) is 10.00 Å². The topological polar surface area (TPSA) is 58.2 Å². The molecule has 4 heteroatoms. The zero-order chi connectivity index (χ0) is 14.8. The van der Waals surface area contributed by atoms with Gasteiger partial charge in [-0.2, -0.15) is 5.26 Å². The Morgan fingerprint density at radius 1 is 1.43 bits per heavy atom. The van der Waals surface area contributed by atoms with Crippen LogP contribution in [0, 0.1) is 11.3 Å². The first kappa shape index (κ1) is 13.7. The largest absolute Gasteiger partial charge is 0.495 e. The van der Waals surface area contributed by atoms with Gasteiger partial charge in [0.1, 0.15) is 11.8 Å². The molecule has 0 fully saturated rings. The molecule has 1 unspecified atom stereocenters. The molecule has 1 aromatic heterocycles. The maximum Gasteiger partial charge on any atom is 0.136 e. The van der Waals surface area contributed by atoms with Gasteiger partial charge in [-0.15, -0.1) is 0 Å². The summed E-state index contributed by atoms with van der Waals surface area (Å²) in [6.07, 6.45) is 6.75. The molecule has 0 amide bonds. The van der Waals surface area contributed by atoms with E-state index in [9.17, 15) is 5.11 Å². The molecule has 4 nitrogen and oxygen atoms in total. The monoisotopic (exact) mass is 282 g/mol. The van der Waals surface area contributed by atoms with Gasteiger partial charge >= 0.3 is 0 Å². The lowest BCUT2D eigenvalue weighted by Gasteiger charge is -2.16. The van der Waals surface area contributed by atoms with Crippen LogP contribution in [0.4, 0.5) is 0 Å². The van der Waals surface area contributed by atoms with Crippen molar-refractivity contribution in [1.29, 1.82) is 5.26 Å². The van der Waals surface area contributed by atoms with Gasteiger partial charge in [-0.05, 0) is 42.5 Å². The van der Waals surface area contributed by atoms with Crippen LogP contribution in [0.3, 0.4) is 0 Å². The number of nitriles is 1. The zero-order valence-electron chi connectivity index (χ0n) is 12.0. The van der Waals surface area contributed by atoms with Crippen molar-refractivity contribution in [2.75, 3.05) is 7.11 Å². The van der Waals surface area contributed by atoms with Crippen LogP contribution >= 0.6 is 0 Å². The highest BCUT2D eigenvalue weighted by Gasteiger charge is 2.19. The third-order valence-electron chi connectivity index (χ3n) is 4.03. The fourth-order valence-corrected chi connectivity index (χ4v) is 2.95. The van der Waals surface area contributed by atoms with Gasteiger partial charge in [-0.25, -0.2) is 0 Å². The molecule has 1 aliphatic rings. The van der Waals surface area contributed by atoms with Crippen LogP contribution in [0.5, 0.6) is 5.75 Å². The van der Waals surface area contributed by atoms with Gasteiger partial charge in [0.2, 0.25) is 0 Å². The number of benzene rings is 1. The van der Waals surface area contributed by atoms with Gasteiger partial charge in [0, 0.05) is 24.5 Å². The molecule has 1 heterocycles. The second kappa shape index (κ2) is 5.63. The number of aryl methyl sites for hydroxylation is 1. The van der Waals surface area contributed by atoms with Crippen LogP contribution in [0.1, 0.15) is 41.2 Å². The van der Waals surface area contributed by atoms with Crippen LogP contribution < -0.4 is 4.74 Å².